The van der Waals surface area contributed by atoms with E-state index in [2.05, 4.69) is 0 Å². The van der Waals surface area contributed by atoms with Crippen LogP contribution in [0.2, 0.25) is 0 Å². The number of aliphatic carboxylic acids is 1. The standard InChI is InChI=1S/C4H6FNO2/c5-6-1-3(2-6)4(7)8/h3H,1-2H2,(H,7,8). The van der Waals surface area contributed by atoms with Crippen LogP contribution in [0.4, 0.5) is 4.48 Å². The van der Waals surface area contributed by atoms with Crippen molar-refractivity contribution in [3.05, 3.63) is 0 Å². The lowest BCUT2D eigenvalue weighted by Crippen LogP contribution is -2.45. The van der Waals surface area contributed by atoms with Crippen LogP contribution in [-0.4, -0.2) is 29.3 Å². The van der Waals surface area contributed by atoms with Crippen molar-refractivity contribution in [3.63, 3.8) is 0 Å². The molecule has 0 aromatic carbocycles. The van der Waals surface area contributed by atoms with E-state index in [9.17, 15) is 9.28 Å². The topological polar surface area (TPSA) is 40.5 Å². The van der Waals surface area contributed by atoms with Crippen molar-refractivity contribution >= 4 is 5.97 Å². The summed E-state index contributed by atoms with van der Waals surface area (Å²) in [6.07, 6.45) is 0. The van der Waals surface area contributed by atoms with E-state index < -0.39 is 11.9 Å². The Morgan fingerprint density at radius 2 is 2.25 bits per heavy atom. The van der Waals surface area contributed by atoms with Gasteiger partial charge in [-0.05, 0) is 0 Å². The Balaban J connectivity index is 2.25. The van der Waals surface area contributed by atoms with Crippen LogP contribution in [0.1, 0.15) is 0 Å². The number of nitrogens with zero attached hydrogens (tertiary/aromatic N) is 1. The Morgan fingerprint density at radius 3 is 2.38 bits per heavy atom. The molecule has 1 N–H and O–H groups in total. The molecule has 0 amide bonds. The molecule has 0 atom stereocenters. The fourth-order valence-electron chi connectivity index (χ4n) is 0.581. The van der Waals surface area contributed by atoms with Crippen LogP contribution in [0.5, 0.6) is 0 Å². The highest BCUT2D eigenvalue weighted by Crippen LogP contribution is 2.14. The first-order chi connectivity index (χ1) is 3.70. The summed E-state index contributed by atoms with van der Waals surface area (Å²) < 4.78 is 11.7. The quantitative estimate of drug-likeness (QED) is 0.489. The number of hydrogen-bond acceptors (Lipinski definition) is 2. The predicted octanol–water partition coefficient (Wildman–Crippen LogP) is -0.113. The fraction of sp³-hybridized carbons (Fsp3) is 0.750. The lowest BCUT2D eigenvalue weighted by molar-refractivity contribution is -0.158. The molecular weight excluding hydrogens is 113 g/mol. The molecule has 0 unspecified atom stereocenters. The third kappa shape index (κ3) is 0.790. The molecular formula is C4H6FNO2. The summed E-state index contributed by atoms with van der Waals surface area (Å²) in [6, 6.07) is 0. The van der Waals surface area contributed by atoms with Crippen molar-refractivity contribution in [2.24, 2.45) is 5.92 Å². The third-order valence-corrected chi connectivity index (χ3v) is 1.19. The average molecular weight is 119 g/mol. The van der Waals surface area contributed by atoms with Gasteiger partial charge in [0.25, 0.3) is 0 Å². The molecule has 0 aromatic rings. The van der Waals surface area contributed by atoms with Gasteiger partial charge in [-0.2, -0.15) is 0 Å². The number of carboxylic acid groups (broad SMARTS) is 1. The van der Waals surface area contributed by atoms with Crippen LogP contribution < -0.4 is 0 Å². The summed E-state index contributed by atoms with van der Waals surface area (Å²) >= 11 is 0. The molecule has 1 saturated heterocycles. The maximum absolute atomic E-state index is 11.7. The van der Waals surface area contributed by atoms with Gasteiger partial charge >= 0.3 is 5.97 Å². The van der Waals surface area contributed by atoms with Crippen LogP contribution in [-0.2, 0) is 4.79 Å². The van der Waals surface area contributed by atoms with Gasteiger partial charge in [0.2, 0.25) is 0 Å². The van der Waals surface area contributed by atoms with Crippen LogP contribution in [0.25, 0.3) is 0 Å². The van der Waals surface area contributed by atoms with E-state index in [1.54, 1.807) is 0 Å². The first kappa shape index (κ1) is 5.50. The van der Waals surface area contributed by atoms with E-state index in [1.165, 1.54) is 0 Å². The molecule has 0 spiro atoms. The molecule has 1 heterocycles. The van der Waals surface area contributed by atoms with Gasteiger partial charge in [0, 0.05) is 13.1 Å². The Hall–Kier alpha value is -0.640. The zero-order chi connectivity index (χ0) is 6.15. The highest BCUT2D eigenvalue weighted by molar-refractivity contribution is 5.71. The van der Waals surface area contributed by atoms with Gasteiger partial charge in [0.15, 0.2) is 0 Å². The third-order valence-electron chi connectivity index (χ3n) is 1.19. The zero-order valence-electron chi connectivity index (χ0n) is 4.17. The van der Waals surface area contributed by atoms with E-state index in [1.807, 2.05) is 0 Å². The first-order valence-electron chi connectivity index (χ1n) is 2.33. The van der Waals surface area contributed by atoms with Gasteiger partial charge in [-0.3, -0.25) is 4.79 Å². The number of hydrogen-bond donors (Lipinski definition) is 1. The van der Waals surface area contributed by atoms with Crippen LogP contribution in [0.15, 0.2) is 0 Å². The molecule has 3 nitrogen and oxygen atoms in total. The van der Waals surface area contributed by atoms with Crippen molar-refractivity contribution < 1.29 is 14.4 Å². The Kier molecular flexibility index (Phi) is 1.17. The van der Waals surface area contributed by atoms with Crippen molar-refractivity contribution in [1.29, 1.82) is 0 Å². The average Bonchev–Trinajstić information content (AvgIpc) is 1.57. The smallest absolute Gasteiger partial charge is 0.309 e. The van der Waals surface area contributed by atoms with Crippen molar-refractivity contribution in [1.82, 2.24) is 5.12 Å². The normalized spacial score (nSPS) is 22.6. The lowest BCUT2D eigenvalue weighted by Gasteiger charge is -2.27. The molecule has 0 bridgehead atoms. The molecule has 8 heavy (non-hydrogen) atoms. The molecule has 0 aliphatic carbocycles. The van der Waals surface area contributed by atoms with E-state index in [4.69, 9.17) is 5.11 Å². The maximum Gasteiger partial charge on any atom is 0.309 e. The van der Waals surface area contributed by atoms with E-state index >= 15 is 0 Å². The largest absolute Gasteiger partial charge is 0.481 e. The van der Waals surface area contributed by atoms with E-state index in [0.29, 0.717) is 5.12 Å². The summed E-state index contributed by atoms with van der Waals surface area (Å²) in [5.41, 5.74) is 0. The molecule has 4 heteroatoms. The predicted molar refractivity (Wildman–Crippen MR) is 23.8 cm³/mol. The Labute approximate surface area is 45.6 Å². The molecule has 0 aromatic heterocycles. The second-order valence-corrected chi connectivity index (χ2v) is 1.86. The van der Waals surface area contributed by atoms with Crippen LogP contribution >= 0.6 is 0 Å². The minimum Gasteiger partial charge on any atom is -0.481 e. The number of halogens is 1. The molecule has 0 radical (unpaired) electrons. The zero-order valence-corrected chi connectivity index (χ0v) is 4.17. The van der Waals surface area contributed by atoms with Crippen LogP contribution in [0.3, 0.4) is 0 Å². The molecule has 0 saturated carbocycles. The summed E-state index contributed by atoms with van der Waals surface area (Å²) in [5, 5.41) is 8.64. The minimum atomic E-state index is -0.904. The van der Waals surface area contributed by atoms with Gasteiger partial charge < -0.3 is 5.11 Å². The Bertz CT molecular complexity index is 111. The number of rotatable bonds is 1. The molecule has 46 valence electrons. The fourth-order valence-corrected chi connectivity index (χ4v) is 0.581. The van der Waals surface area contributed by atoms with Gasteiger partial charge in [-0.1, -0.05) is 0 Å². The van der Waals surface area contributed by atoms with Gasteiger partial charge in [0.05, 0.1) is 5.92 Å². The summed E-state index contributed by atoms with van der Waals surface area (Å²) in [5.74, 6) is -1.38. The number of carboxylic acids is 1. The first-order valence-corrected chi connectivity index (χ1v) is 2.33. The van der Waals surface area contributed by atoms with Crippen molar-refractivity contribution in [2.75, 3.05) is 13.1 Å². The van der Waals surface area contributed by atoms with E-state index in [0.717, 1.165) is 0 Å². The molecule has 1 aliphatic heterocycles. The van der Waals surface area contributed by atoms with Gasteiger partial charge in [-0.25, -0.2) is 0 Å². The second-order valence-electron chi connectivity index (χ2n) is 1.86. The highest BCUT2D eigenvalue weighted by atomic mass is 19.2. The monoisotopic (exact) mass is 119 g/mol. The second kappa shape index (κ2) is 1.70. The molecule has 1 rings (SSSR count). The van der Waals surface area contributed by atoms with Gasteiger partial charge in [0.1, 0.15) is 0 Å². The summed E-state index contributed by atoms with van der Waals surface area (Å²) in [7, 11) is 0. The van der Waals surface area contributed by atoms with Crippen molar-refractivity contribution in [2.45, 2.75) is 0 Å². The highest BCUT2D eigenvalue weighted by Gasteiger charge is 2.32. The maximum atomic E-state index is 11.7. The van der Waals surface area contributed by atoms with Crippen molar-refractivity contribution in [3.8, 4) is 0 Å². The molecule has 1 aliphatic rings. The summed E-state index contributed by atoms with van der Waals surface area (Å²) in [4.78, 5) is 9.93. The van der Waals surface area contributed by atoms with Crippen LogP contribution in [0, 0.1) is 5.92 Å². The van der Waals surface area contributed by atoms with E-state index in [-0.39, 0.29) is 13.1 Å². The number of carbonyl (C=O) groups is 1. The molecule has 1 fully saturated rings. The summed E-state index contributed by atoms with van der Waals surface area (Å²) in [6.45, 7) is 0.102. The van der Waals surface area contributed by atoms with Gasteiger partial charge in [-0.15, -0.1) is 9.60 Å². The SMILES string of the molecule is O=C(O)C1CN(F)C1. The Morgan fingerprint density at radius 1 is 1.75 bits per heavy atom. The lowest BCUT2D eigenvalue weighted by atomic mass is 10.0. The minimum absolute atomic E-state index is 0.0509.